The van der Waals surface area contributed by atoms with Crippen molar-refractivity contribution in [2.75, 3.05) is 0 Å². The second kappa shape index (κ2) is 4.48. The molecule has 0 saturated carbocycles. The van der Waals surface area contributed by atoms with E-state index in [1.165, 1.54) is 6.92 Å². The normalized spacial score (nSPS) is 13.9. The van der Waals surface area contributed by atoms with Crippen molar-refractivity contribution in [3.63, 3.8) is 0 Å². The van der Waals surface area contributed by atoms with E-state index < -0.39 is 19.2 Å². The Hall–Kier alpha value is 1.01. The van der Waals surface area contributed by atoms with Crippen LogP contribution in [0.2, 0.25) is 0 Å². The maximum atomic E-state index is 10.4. The molecule has 14 heavy (non-hydrogen) atoms. The van der Waals surface area contributed by atoms with E-state index >= 15 is 0 Å². The molecule has 0 aromatic rings. The van der Waals surface area contributed by atoms with Crippen molar-refractivity contribution in [3.05, 3.63) is 0 Å². The molecule has 0 aliphatic heterocycles. The Labute approximate surface area is 111 Å². The van der Waals surface area contributed by atoms with Crippen molar-refractivity contribution < 1.29 is 9.90 Å². The number of halogens is 6. The van der Waals surface area contributed by atoms with E-state index in [4.69, 9.17) is 74.7 Å². The lowest BCUT2D eigenvalue weighted by molar-refractivity contribution is 0.180. The van der Waals surface area contributed by atoms with E-state index in [1.807, 2.05) is 5.32 Å². The summed E-state index contributed by atoms with van der Waals surface area (Å²) in [5.74, 6) is 0. The minimum absolute atomic E-state index is 1.17. The van der Waals surface area contributed by atoms with Gasteiger partial charge in [0.1, 0.15) is 5.54 Å². The zero-order valence-electron chi connectivity index (χ0n) is 6.62. The molecule has 1 amide bonds. The monoisotopic (exact) mass is 321 g/mol. The third-order valence-electron chi connectivity index (χ3n) is 1.49. The Bertz CT molecular complexity index is 217. The van der Waals surface area contributed by atoms with Gasteiger partial charge in [0.2, 0.25) is 7.59 Å². The van der Waals surface area contributed by atoms with Gasteiger partial charge in [-0.2, -0.15) is 0 Å². The number of hydrogen-bond donors (Lipinski definition) is 2. The third-order valence-corrected chi connectivity index (χ3v) is 3.76. The minimum Gasteiger partial charge on any atom is -0.465 e. The van der Waals surface area contributed by atoms with Crippen molar-refractivity contribution in [2.24, 2.45) is 0 Å². The zero-order chi connectivity index (χ0) is 11.8. The summed E-state index contributed by atoms with van der Waals surface area (Å²) in [5, 5.41) is 10.4. The van der Waals surface area contributed by atoms with Crippen LogP contribution in [0.4, 0.5) is 4.79 Å². The Morgan fingerprint density at radius 2 is 1.36 bits per heavy atom. The second-order valence-corrected chi connectivity index (χ2v) is 7.11. The predicted octanol–water partition coefficient (Wildman–Crippen LogP) is 3.75. The highest BCUT2D eigenvalue weighted by atomic mass is 35.6. The van der Waals surface area contributed by atoms with Crippen molar-refractivity contribution >= 4 is 75.7 Å². The molecule has 2 N–H and O–H groups in total. The Kier molecular flexibility index (Phi) is 4.80. The molecule has 0 spiro atoms. The molecule has 0 radical (unpaired) electrons. The number of carbonyl (C=O) groups is 1. The van der Waals surface area contributed by atoms with Crippen molar-refractivity contribution in [1.29, 1.82) is 0 Å². The highest BCUT2D eigenvalue weighted by molar-refractivity contribution is 6.74. The summed E-state index contributed by atoms with van der Waals surface area (Å²) in [6.45, 7) is 1.17. The van der Waals surface area contributed by atoms with Crippen LogP contribution < -0.4 is 5.32 Å². The van der Waals surface area contributed by atoms with E-state index in [-0.39, 0.29) is 0 Å². The summed E-state index contributed by atoms with van der Waals surface area (Å²) in [4.78, 5) is 10.4. The van der Waals surface area contributed by atoms with Gasteiger partial charge in [-0.3, -0.25) is 0 Å². The molecule has 0 fully saturated rings. The SMILES string of the molecule is CC(NC(=O)O)(C(Cl)(Cl)Cl)C(Cl)(Cl)Cl. The van der Waals surface area contributed by atoms with Gasteiger partial charge >= 0.3 is 6.09 Å². The largest absolute Gasteiger partial charge is 0.465 e. The van der Waals surface area contributed by atoms with Crippen molar-refractivity contribution in [3.8, 4) is 0 Å². The summed E-state index contributed by atoms with van der Waals surface area (Å²) in [6, 6.07) is 0. The highest BCUT2D eigenvalue weighted by Gasteiger charge is 2.58. The standard InChI is InChI=1S/C5H5Cl6NO2/c1-3(4(6,7)8,5(9,10)11)12-2(13)14/h12H,1H3,(H,13,14). The number of nitrogens with one attached hydrogen (secondary N) is 1. The summed E-state index contributed by atoms with van der Waals surface area (Å²) in [5.41, 5.74) is -1.86. The summed E-state index contributed by atoms with van der Waals surface area (Å²) < 4.78 is -4.20. The van der Waals surface area contributed by atoms with Gasteiger partial charge in [-0.05, 0) is 6.92 Å². The minimum atomic E-state index is -2.10. The van der Waals surface area contributed by atoms with Gasteiger partial charge in [0.15, 0.2) is 0 Å². The van der Waals surface area contributed by atoms with Gasteiger partial charge in [-0.1, -0.05) is 69.6 Å². The van der Waals surface area contributed by atoms with Crippen LogP contribution in [0.3, 0.4) is 0 Å². The van der Waals surface area contributed by atoms with Gasteiger partial charge < -0.3 is 10.4 Å². The van der Waals surface area contributed by atoms with Crippen LogP contribution in [-0.4, -0.2) is 24.3 Å². The smallest absolute Gasteiger partial charge is 0.405 e. The van der Waals surface area contributed by atoms with E-state index in [1.54, 1.807) is 0 Å². The lowest BCUT2D eigenvalue weighted by atomic mass is 10.1. The fraction of sp³-hybridized carbons (Fsp3) is 0.800. The molecule has 0 aliphatic carbocycles. The number of alkyl halides is 6. The van der Waals surface area contributed by atoms with Gasteiger partial charge in [0.25, 0.3) is 0 Å². The first-order chi connectivity index (χ1) is 5.92. The Morgan fingerprint density at radius 1 is 1.07 bits per heavy atom. The van der Waals surface area contributed by atoms with Crippen molar-refractivity contribution in [2.45, 2.75) is 20.0 Å². The van der Waals surface area contributed by atoms with Crippen LogP contribution in [0, 0.1) is 0 Å². The molecule has 0 aromatic carbocycles. The topological polar surface area (TPSA) is 49.3 Å². The molecule has 0 heterocycles. The van der Waals surface area contributed by atoms with Gasteiger partial charge in [-0.15, -0.1) is 0 Å². The Morgan fingerprint density at radius 3 is 1.43 bits per heavy atom. The predicted molar refractivity (Wildman–Crippen MR) is 60.1 cm³/mol. The fourth-order valence-electron chi connectivity index (χ4n) is 0.516. The van der Waals surface area contributed by atoms with E-state index in [9.17, 15) is 4.79 Å². The third kappa shape index (κ3) is 3.26. The van der Waals surface area contributed by atoms with Crippen LogP contribution in [0.15, 0.2) is 0 Å². The fourth-order valence-corrected chi connectivity index (χ4v) is 2.09. The number of amides is 1. The van der Waals surface area contributed by atoms with Crippen LogP contribution in [0.1, 0.15) is 6.92 Å². The van der Waals surface area contributed by atoms with Crippen molar-refractivity contribution in [1.82, 2.24) is 5.32 Å². The molecular formula is C5H5Cl6NO2. The molecule has 0 atom stereocenters. The molecule has 84 valence electrons. The molecule has 0 bridgehead atoms. The van der Waals surface area contributed by atoms with Gasteiger partial charge in [0, 0.05) is 0 Å². The highest BCUT2D eigenvalue weighted by Crippen LogP contribution is 2.51. The maximum Gasteiger partial charge on any atom is 0.405 e. The molecule has 0 unspecified atom stereocenters. The van der Waals surface area contributed by atoms with Gasteiger partial charge in [-0.25, -0.2) is 4.79 Å². The molecule has 3 nitrogen and oxygen atoms in total. The lowest BCUT2D eigenvalue weighted by Crippen LogP contribution is -2.62. The number of carboxylic acid groups (broad SMARTS) is 1. The first-order valence-corrected chi connectivity index (χ1v) is 5.33. The summed E-state index contributed by atoms with van der Waals surface area (Å²) in [6.07, 6.45) is -1.47. The quantitative estimate of drug-likeness (QED) is 0.722. The maximum absolute atomic E-state index is 10.4. The number of rotatable bonds is 1. The van der Waals surface area contributed by atoms with E-state index in [0.29, 0.717) is 0 Å². The first-order valence-electron chi connectivity index (χ1n) is 3.06. The number of hydrogen-bond acceptors (Lipinski definition) is 1. The molecule has 0 saturated heterocycles. The first kappa shape index (κ1) is 15.0. The zero-order valence-corrected chi connectivity index (χ0v) is 11.2. The summed E-state index contributed by atoms with van der Waals surface area (Å²) >= 11 is 33.1. The summed E-state index contributed by atoms with van der Waals surface area (Å²) in [7, 11) is 0. The van der Waals surface area contributed by atoms with E-state index in [2.05, 4.69) is 0 Å². The molecule has 0 rings (SSSR count). The Balaban J connectivity index is 5.18. The average Bonchev–Trinajstić information content (AvgIpc) is 1.79. The van der Waals surface area contributed by atoms with E-state index in [0.717, 1.165) is 0 Å². The van der Waals surface area contributed by atoms with Crippen LogP contribution in [0.25, 0.3) is 0 Å². The van der Waals surface area contributed by atoms with Crippen LogP contribution in [-0.2, 0) is 0 Å². The molecule has 0 aliphatic rings. The molecule has 0 aromatic heterocycles. The lowest BCUT2D eigenvalue weighted by Gasteiger charge is -2.40. The van der Waals surface area contributed by atoms with Crippen LogP contribution in [0.5, 0.6) is 0 Å². The van der Waals surface area contributed by atoms with Crippen LogP contribution >= 0.6 is 69.6 Å². The second-order valence-electron chi connectivity index (χ2n) is 2.55. The average molecular weight is 324 g/mol. The molecule has 9 heteroatoms. The van der Waals surface area contributed by atoms with Gasteiger partial charge in [0.05, 0.1) is 0 Å². The molecular weight excluding hydrogens is 319 g/mol.